The number of rotatable bonds is 3. The lowest BCUT2D eigenvalue weighted by atomic mass is 9.98. The first kappa shape index (κ1) is 13.5. The number of para-hydroxylation sites is 1. The summed E-state index contributed by atoms with van der Waals surface area (Å²) >= 11 is 0. The van der Waals surface area contributed by atoms with E-state index in [9.17, 15) is 9.59 Å². The molecule has 1 N–H and O–H groups in total. The van der Waals surface area contributed by atoms with Crippen LogP contribution in [0.1, 0.15) is 17.9 Å². The van der Waals surface area contributed by atoms with Gasteiger partial charge in [0.05, 0.1) is 6.42 Å². The van der Waals surface area contributed by atoms with Gasteiger partial charge in [-0.25, -0.2) is 0 Å². The van der Waals surface area contributed by atoms with Crippen molar-refractivity contribution in [3.8, 4) is 0 Å². The molecular weight excluding hydrogens is 274 g/mol. The van der Waals surface area contributed by atoms with E-state index in [-0.39, 0.29) is 24.0 Å². The zero-order chi connectivity index (χ0) is 14.8. The third-order valence-corrected chi connectivity index (χ3v) is 3.60. The van der Waals surface area contributed by atoms with Crippen molar-refractivity contribution in [3.63, 3.8) is 0 Å². The molecule has 1 aromatic rings. The van der Waals surface area contributed by atoms with Gasteiger partial charge in [-0.15, -0.1) is 0 Å². The zero-order valence-electron chi connectivity index (χ0n) is 11.3. The average Bonchev–Trinajstić information content (AvgIpc) is 2.86. The van der Waals surface area contributed by atoms with E-state index in [4.69, 9.17) is 14.6 Å². The minimum Gasteiger partial charge on any atom is -0.494 e. The number of hydrogen-bond donors (Lipinski definition) is 1. The highest BCUT2D eigenvalue weighted by molar-refractivity contribution is 6.05. The van der Waals surface area contributed by atoms with Crippen molar-refractivity contribution in [1.82, 2.24) is 0 Å². The van der Waals surface area contributed by atoms with Crippen LogP contribution in [-0.4, -0.2) is 36.7 Å². The predicted molar refractivity (Wildman–Crippen MR) is 73.8 cm³/mol. The number of carboxylic acid groups (broad SMARTS) is 1. The molecular formula is C15H15NO5. The molecule has 0 bridgehead atoms. The van der Waals surface area contributed by atoms with Crippen LogP contribution in [-0.2, 0) is 19.1 Å². The normalized spacial score (nSPS) is 20.1. The lowest BCUT2D eigenvalue weighted by Gasteiger charge is -2.21. The summed E-state index contributed by atoms with van der Waals surface area (Å²) in [6.07, 6.45) is 1.32. The minimum atomic E-state index is -0.874. The number of ether oxygens (including phenoxy) is 2. The SMILES string of the molecule is O=C(O)CC1CN(C(=O)C2=COCCO2)c2ccccc21. The van der Waals surface area contributed by atoms with Gasteiger partial charge < -0.3 is 19.5 Å². The molecule has 1 atom stereocenters. The molecule has 6 heteroatoms. The van der Waals surface area contributed by atoms with Gasteiger partial charge in [0.2, 0.25) is 5.76 Å². The second kappa shape index (κ2) is 5.47. The zero-order valence-corrected chi connectivity index (χ0v) is 11.3. The highest BCUT2D eigenvalue weighted by Crippen LogP contribution is 2.38. The third-order valence-electron chi connectivity index (χ3n) is 3.60. The van der Waals surface area contributed by atoms with Crippen molar-refractivity contribution < 1.29 is 24.2 Å². The Labute approximate surface area is 121 Å². The molecule has 0 spiro atoms. The summed E-state index contributed by atoms with van der Waals surface area (Å²) in [6, 6.07) is 7.36. The van der Waals surface area contributed by atoms with Gasteiger partial charge in [0.1, 0.15) is 19.5 Å². The molecule has 21 heavy (non-hydrogen) atoms. The largest absolute Gasteiger partial charge is 0.494 e. The van der Waals surface area contributed by atoms with E-state index in [2.05, 4.69) is 0 Å². The Kier molecular flexibility index (Phi) is 3.51. The second-order valence-electron chi connectivity index (χ2n) is 4.97. The maximum absolute atomic E-state index is 12.5. The van der Waals surface area contributed by atoms with E-state index >= 15 is 0 Å². The van der Waals surface area contributed by atoms with Crippen molar-refractivity contribution in [1.29, 1.82) is 0 Å². The summed E-state index contributed by atoms with van der Waals surface area (Å²) in [7, 11) is 0. The average molecular weight is 289 g/mol. The summed E-state index contributed by atoms with van der Waals surface area (Å²) in [4.78, 5) is 25.0. The van der Waals surface area contributed by atoms with Crippen LogP contribution in [0.2, 0.25) is 0 Å². The number of anilines is 1. The Hall–Kier alpha value is -2.50. The first-order chi connectivity index (χ1) is 10.2. The molecule has 3 rings (SSSR count). The fourth-order valence-electron chi connectivity index (χ4n) is 2.69. The van der Waals surface area contributed by atoms with Crippen LogP contribution in [0.3, 0.4) is 0 Å². The fourth-order valence-corrected chi connectivity index (χ4v) is 2.69. The highest BCUT2D eigenvalue weighted by atomic mass is 16.6. The van der Waals surface area contributed by atoms with Crippen molar-refractivity contribution in [2.45, 2.75) is 12.3 Å². The van der Waals surface area contributed by atoms with Crippen LogP contribution < -0.4 is 4.90 Å². The summed E-state index contributed by atoms with van der Waals surface area (Å²) in [6.45, 7) is 1.10. The topological polar surface area (TPSA) is 76.1 Å². The molecule has 0 aliphatic carbocycles. The van der Waals surface area contributed by atoms with Crippen molar-refractivity contribution in [2.75, 3.05) is 24.7 Å². The second-order valence-corrected chi connectivity index (χ2v) is 4.97. The van der Waals surface area contributed by atoms with Gasteiger partial charge >= 0.3 is 5.97 Å². The van der Waals surface area contributed by atoms with Crippen LogP contribution in [0.25, 0.3) is 0 Å². The summed E-state index contributed by atoms with van der Waals surface area (Å²) in [5, 5.41) is 9.01. The lowest BCUT2D eigenvalue weighted by molar-refractivity contribution is -0.137. The molecule has 1 amide bonds. The van der Waals surface area contributed by atoms with Crippen LogP contribution >= 0.6 is 0 Å². The Morgan fingerprint density at radius 1 is 1.29 bits per heavy atom. The molecule has 0 aromatic heterocycles. The van der Waals surface area contributed by atoms with E-state index in [0.29, 0.717) is 19.8 Å². The third kappa shape index (κ3) is 2.56. The standard InChI is InChI=1S/C15H15NO5/c17-14(18)7-10-8-16(12-4-2-1-3-11(10)12)15(19)13-9-20-5-6-21-13/h1-4,9-10H,5-8H2,(H,17,18). The van der Waals surface area contributed by atoms with Gasteiger partial charge in [-0.2, -0.15) is 0 Å². The molecule has 0 saturated heterocycles. The number of carbonyl (C=O) groups excluding carboxylic acids is 1. The van der Waals surface area contributed by atoms with Gasteiger partial charge in [0.15, 0.2) is 0 Å². The molecule has 0 fully saturated rings. The number of carbonyl (C=O) groups is 2. The molecule has 1 unspecified atom stereocenters. The van der Waals surface area contributed by atoms with Crippen LogP contribution in [0.5, 0.6) is 0 Å². The molecule has 1 aromatic carbocycles. The Morgan fingerprint density at radius 2 is 2.10 bits per heavy atom. The van der Waals surface area contributed by atoms with Crippen LogP contribution in [0, 0.1) is 0 Å². The van der Waals surface area contributed by atoms with Gasteiger partial charge in [-0.1, -0.05) is 18.2 Å². The molecule has 2 heterocycles. The summed E-state index contributed by atoms with van der Waals surface area (Å²) in [5.41, 5.74) is 1.62. The van der Waals surface area contributed by atoms with E-state index in [1.807, 2.05) is 24.3 Å². The molecule has 110 valence electrons. The van der Waals surface area contributed by atoms with Crippen LogP contribution in [0.4, 0.5) is 5.69 Å². The number of hydrogen-bond acceptors (Lipinski definition) is 4. The Morgan fingerprint density at radius 3 is 2.81 bits per heavy atom. The van der Waals surface area contributed by atoms with E-state index < -0.39 is 5.97 Å². The van der Waals surface area contributed by atoms with Gasteiger partial charge in [0.25, 0.3) is 5.91 Å². The molecule has 2 aliphatic rings. The first-order valence-electron chi connectivity index (χ1n) is 6.74. The van der Waals surface area contributed by atoms with Gasteiger partial charge in [-0.3, -0.25) is 9.59 Å². The quantitative estimate of drug-likeness (QED) is 0.912. The smallest absolute Gasteiger partial charge is 0.304 e. The Bertz CT molecular complexity index is 610. The van der Waals surface area contributed by atoms with Crippen molar-refractivity contribution in [3.05, 3.63) is 41.9 Å². The summed E-state index contributed by atoms with van der Waals surface area (Å²) in [5.74, 6) is -1.21. The number of fused-ring (bicyclic) bond motifs is 1. The van der Waals surface area contributed by atoms with E-state index in [0.717, 1.165) is 11.3 Å². The van der Waals surface area contributed by atoms with Crippen molar-refractivity contribution in [2.24, 2.45) is 0 Å². The number of amides is 1. The molecule has 0 radical (unpaired) electrons. The number of nitrogens with zero attached hydrogens (tertiary/aromatic N) is 1. The minimum absolute atomic E-state index is 0.00278. The number of aliphatic carboxylic acids is 1. The predicted octanol–water partition coefficient (Wildman–Crippen LogP) is 1.48. The first-order valence-corrected chi connectivity index (χ1v) is 6.74. The summed E-state index contributed by atoms with van der Waals surface area (Å²) < 4.78 is 10.4. The lowest BCUT2D eigenvalue weighted by Crippen LogP contribution is -2.33. The molecule has 0 saturated carbocycles. The van der Waals surface area contributed by atoms with Crippen LogP contribution in [0.15, 0.2) is 36.3 Å². The number of carboxylic acids is 1. The number of benzene rings is 1. The van der Waals surface area contributed by atoms with Crippen molar-refractivity contribution >= 4 is 17.6 Å². The van der Waals surface area contributed by atoms with E-state index in [1.54, 1.807) is 4.90 Å². The maximum atomic E-state index is 12.5. The van der Waals surface area contributed by atoms with Gasteiger partial charge in [-0.05, 0) is 11.6 Å². The fraction of sp³-hybridized carbons (Fsp3) is 0.333. The van der Waals surface area contributed by atoms with Gasteiger partial charge in [0, 0.05) is 18.2 Å². The monoisotopic (exact) mass is 289 g/mol. The molecule has 6 nitrogen and oxygen atoms in total. The maximum Gasteiger partial charge on any atom is 0.304 e. The molecule has 2 aliphatic heterocycles. The highest BCUT2D eigenvalue weighted by Gasteiger charge is 2.35. The van der Waals surface area contributed by atoms with E-state index in [1.165, 1.54) is 6.26 Å². The Balaban J connectivity index is 1.88.